The lowest BCUT2D eigenvalue weighted by atomic mass is 9.82. The molecule has 1 aromatic carbocycles. The van der Waals surface area contributed by atoms with Gasteiger partial charge in [-0.3, -0.25) is 0 Å². The summed E-state index contributed by atoms with van der Waals surface area (Å²) in [7, 11) is 0. The summed E-state index contributed by atoms with van der Waals surface area (Å²) < 4.78 is 1.11. The molecule has 0 bridgehead atoms. The van der Waals surface area contributed by atoms with E-state index in [-0.39, 0.29) is 5.41 Å². The molecule has 2 rings (SSSR count). The minimum absolute atomic E-state index is 0.0466. The number of aryl methyl sites for hydroxylation is 1. The Bertz CT molecular complexity index is 532. The maximum absolute atomic E-state index is 4.60. The summed E-state index contributed by atoms with van der Waals surface area (Å²) in [4.78, 5) is 4.60. The Labute approximate surface area is 143 Å². The van der Waals surface area contributed by atoms with Gasteiger partial charge in [-0.25, -0.2) is 4.98 Å². The summed E-state index contributed by atoms with van der Waals surface area (Å²) in [5.74, 6) is 0. The van der Waals surface area contributed by atoms with E-state index in [9.17, 15) is 0 Å². The number of aromatic nitrogens is 1. The highest BCUT2D eigenvalue weighted by atomic mass is 79.9. The highest BCUT2D eigenvalue weighted by Crippen LogP contribution is 2.34. The van der Waals surface area contributed by atoms with Crippen LogP contribution >= 0.6 is 59.1 Å². The van der Waals surface area contributed by atoms with E-state index < -0.39 is 0 Å². The zero-order chi connectivity index (χ0) is 13.9. The predicted molar refractivity (Wildman–Crippen MR) is 94.0 cm³/mol. The number of hydrogen-bond acceptors (Lipinski definition) is 2. The predicted octanol–water partition coefficient (Wildman–Crippen LogP) is 5.48. The molecule has 0 saturated carbocycles. The zero-order valence-electron chi connectivity index (χ0n) is 10.5. The molecule has 0 amide bonds. The first-order valence-corrected chi connectivity index (χ1v) is 9.80. The number of nitrogens with zero attached hydrogens (tertiary/aromatic N) is 1. The molecule has 0 fully saturated rings. The Hall–Kier alpha value is 0.290. The Morgan fingerprint density at radius 2 is 1.79 bits per heavy atom. The molecule has 0 spiro atoms. The van der Waals surface area contributed by atoms with Gasteiger partial charge in [0.2, 0.25) is 0 Å². The number of benzene rings is 1. The molecular weight excluding hydrogens is 454 g/mol. The van der Waals surface area contributed by atoms with E-state index in [1.165, 1.54) is 10.6 Å². The lowest BCUT2D eigenvalue weighted by Gasteiger charge is -2.30. The Kier molecular flexibility index (Phi) is 5.64. The van der Waals surface area contributed by atoms with E-state index in [0.717, 1.165) is 27.2 Å². The molecule has 2 aromatic rings. The van der Waals surface area contributed by atoms with E-state index in [4.69, 9.17) is 0 Å². The van der Waals surface area contributed by atoms with E-state index >= 15 is 0 Å². The Morgan fingerprint density at radius 3 is 2.26 bits per heavy atom. The third kappa shape index (κ3) is 3.69. The van der Waals surface area contributed by atoms with E-state index in [1.807, 2.05) is 6.92 Å². The van der Waals surface area contributed by atoms with E-state index in [1.54, 1.807) is 11.3 Å². The molecule has 1 heterocycles. The lowest BCUT2D eigenvalue weighted by Crippen LogP contribution is -2.32. The fourth-order valence-electron chi connectivity index (χ4n) is 1.96. The summed E-state index contributed by atoms with van der Waals surface area (Å²) in [5, 5.41) is 5.13. The fourth-order valence-corrected chi connectivity index (χ4v) is 5.12. The first-order valence-electron chi connectivity index (χ1n) is 5.88. The smallest absolute Gasteiger partial charge is 0.0937 e. The van der Waals surface area contributed by atoms with Crippen LogP contribution in [0.3, 0.4) is 0 Å². The molecule has 0 aliphatic heterocycles. The van der Waals surface area contributed by atoms with Crippen LogP contribution in [0.2, 0.25) is 0 Å². The monoisotopic (exact) mass is 465 g/mol. The van der Waals surface area contributed by atoms with Gasteiger partial charge in [0.05, 0.1) is 5.01 Å². The average Bonchev–Trinajstić information content (AvgIpc) is 2.82. The molecule has 0 N–H and O–H groups in total. The zero-order valence-corrected chi connectivity index (χ0v) is 16.1. The summed E-state index contributed by atoms with van der Waals surface area (Å²) >= 11 is 12.6. The van der Waals surface area contributed by atoms with Crippen LogP contribution in [0.1, 0.15) is 16.3 Å². The molecule has 0 aliphatic rings. The highest BCUT2D eigenvalue weighted by Gasteiger charge is 2.31. The van der Waals surface area contributed by atoms with Crippen molar-refractivity contribution in [1.82, 2.24) is 4.98 Å². The largest absolute Gasteiger partial charge is 0.247 e. The second kappa shape index (κ2) is 6.83. The van der Waals surface area contributed by atoms with E-state index in [0.29, 0.717) is 0 Å². The van der Waals surface area contributed by atoms with Crippen LogP contribution in [0.25, 0.3) is 0 Å². The van der Waals surface area contributed by atoms with Crippen molar-refractivity contribution in [3.05, 3.63) is 50.4 Å². The van der Waals surface area contributed by atoms with Gasteiger partial charge in [-0.05, 0) is 24.6 Å². The van der Waals surface area contributed by atoms with Crippen LogP contribution in [0.5, 0.6) is 0 Å². The molecule has 19 heavy (non-hydrogen) atoms. The molecule has 0 unspecified atom stereocenters. The van der Waals surface area contributed by atoms with Gasteiger partial charge in [0.15, 0.2) is 0 Å². The molecule has 1 nitrogen and oxygen atoms in total. The summed E-state index contributed by atoms with van der Waals surface area (Å²) in [6, 6.07) is 8.57. The van der Waals surface area contributed by atoms with Gasteiger partial charge in [0.25, 0.3) is 0 Å². The second-order valence-electron chi connectivity index (χ2n) is 4.61. The van der Waals surface area contributed by atoms with Gasteiger partial charge < -0.3 is 0 Å². The standard InChI is InChI=1S/C14H14Br3NS/c1-10-7-19-13(18-10)6-14(8-15,9-16)11-2-4-12(17)5-3-11/h2-5,7H,6,8-9H2,1H3. The number of alkyl halides is 2. The Balaban J connectivity index is 2.33. The van der Waals surface area contributed by atoms with E-state index in [2.05, 4.69) is 82.4 Å². The van der Waals surface area contributed by atoms with Crippen LogP contribution in [0.4, 0.5) is 0 Å². The normalized spacial score (nSPS) is 11.8. The Morgan fingerprint density at radius 1 is 1.16 bits per heavy atom. The summed E-state index contributed by atoms with van der Waals surface area (Å²) in [5.41, 5.74) is 2.48. The van der Waals surface area contributed by atoms with Crippen LogP contribution < -0.4 is 0 Å². The molecule has 102 valence electrons. The maximum Gasteiger partial charge on any atom is 0.0937 e. The first kappa shape index (κ1) is 15.7. The van der Waals surface area contributed by atoms with Crippen molar-refractivity contribution in [2.45, 2.75) is 18.8 Å². The van der Waals surface area contributed by atoms with Crippen molar-refractivity contribution in [3.63, 3.8) is 0 Å². The number of hydrogen-bond donors (Lipinski definition) is 0. The maximum atomic E-state index is 4.60. The quantitative estimate of drug-likeness (QED) is 0.530. The molecule has 1 aromatic heterocycles. The van der Waals surface area contributed by atoms with Crippen LogP contribution in [0.15, 0.2) is 34.1 Å². The summed E-state index contributed by atoms with van der Waals surface area (Å²) in [6.07, 6.45) is 0.948. The first-order chi connectivity index (χ1) is 9.09. The molecule has 0 radical (unpaired) electrons. The molecule has 0 atom stereocenters. The highest BCUT2D eigenvalue weighted by molar-refractivity contribution is 9.10. The molecule has 5 heteroatoms. The second-order valence-corrected chi connectivity index (χ2v) is 7.59. The van der Waals surface area contributed by atoms with Crippen LogP contribution in [-0.2, 0) is 11.8 Å². The van der Waals surface area contributed by atoms with Gasteiger partial charge in [0.1, 0.15) is 0 Å². The number of thiazole rings is 1. The third-order valence-corrected chi connectivity index (χ3v) is 6.77. The minimum Gasteiger partial charge on any atom is -0.247 e. The lowest BCUT2D eigenvalue weighted by molar-refractivity contribution is 0.549. The summed E-state index contributed by atoms with van der Waals surface area (Å²) in [6.45, 7) is 2.05. The average molecular weight is 468 g/mol. The van der Waals surface area contributed by atoms with Crippen molar-refractivity contribution in [1.29, 1.82) is 0 Å². The number of rotatable bonds is 5. The van der Waals surface area contributed by atoms with Crippen molar-refractivity contribution >= 4 is 59.1 Å². The number of halogens is 3. The van der Waals surface area contributed by atoms with Crippen LogP contribution in [-0.4, -0.2) is 15.6 Å². The van der Waals surface area contributed by atoms with Gasteiger partial charge in [-0.2, -0.15) is 0 Å². The van der Waals surface area contributed by atoms with Crippen molar-refractivity contribution < 1.29 is 0 Å². The van der Waals surface area contributed by atoms with Gasteiger partial charge in [-0.1, -0.05) is 59.9 Å². The molecular formula is C14H14Br3NS. The van der Waals surface area contributed by atoms with Gasteiger partial charge in [-0.15, -0.1) is 11.3 Å². The fraction of sp³-hybridized carbons (Fsp3) is 0.357. The van der Waals surface area contributed by atoms with Crippen LogP contribution in [0, 0.1) is 6.92 Å². The third-order valence-electron chi connectivity index (χ3n) is 3.12. The van der Waals surface area contributed by atoms with Gasteiger partial charge in [0, 0.05) is 38.0 Å². The molecule has 0 aliphatic carbocycles. The molecule has 0 saturated heterocycles. The van der Waals surface area contributed by atoms with Crippen molar-refractivity contribution in [3.8, 4) is 0 Å². The minimum atomic E-state index is 0.0466. The van der Waals surface area contributed by atoms with Crippen molar-refractivity contribution in [2.75, 3.05) is 10.7 Å². The SMILES string of the molecule is Cc1csc(CC(CBr)(CBr)c2ccc(Br)cc2)n1. The van der Waals surface area contributed by atoms with Crippen molar-refractivity contribution in [2.24, 2.45) is 0 Å². The topological polar surface area (TPSA) is 12.9 Å². The van der Waals surface area contributed by atoms with Gasteiger partial charge >= 0.3 is 0 Å².